The van der Waals surface area contributed by atoms with Crippen LogP contribution in [-0.2, 0) is 16.6 Å². The summed E-state index contributed by atoms with van der Waals surface area (Å²) in [5.41, 5.74) is 0.511. The molecule has 1 aliphatic heterocycles. The van der Waals surface area contributed by atoms with Gasteiger partial charge in [-0.05, 0) is 13.8 Å². The Hall–Kier alpha value is -2.60. The minimum atomic E-state index is -1.21. The van der Waals surface area contributed by atoms with Crippen molar-refractivity contribution in [3.05, 3.63) is 33.4 Å². The first-order valence-electron chi connectivity index (χ1n) is 10.3. The fourth-order valence-corrected chi connectivity index (χ4v) is 3.88. The number of aromatic amines is 1. The van der Waals surface area contributed by atoms with E-state index < -0.39 is 11.9 Å². The summed E-state index contributed by atoms with van der Waals surface area (Å²) < 4.78 is 6.77. The monoisotopic (exact) mass is 415 g/mol. The quantitative estimate of drug-likeness (QED) is 0.516. The molecule has 8 heteroatoms. The van der Waals surface area contributed by atoms with Gasteiger partial charge < -0.3 is 29.4 Å². The average Bonchev–Trinajstić information content (AvgIpc) is 3.07. The molecule has 30 heavy (non-hydrogen) atoms. The highest BCUT2D eigenvalue weighted by Gasteiger charge is 2.32. The molecule has 3 heterocycles. The highest BCUT2D eigenvalue weighted by atomic mass is 16.6. The molecule has 1 fully saturated rings. The second-order valence-electron chi connectivity index (χ2n) is 7.70. The van der Waals surface area contributed by atoms with Crippen molar-refractivity contribution >= 4 is 16.8 Å². The Balaban J connectivity index is 2.02. The summed E-state index contributed by atoms with van der Waals surface area (Å²) in [6.45, 7) is 6.59. The third-order valence-corrected chi connectivity index (χ3v) is 5.61. The van der Waals surface area contributed by atoms with E-state index in [0.717, 1.165) is 0 Å². The molecule has 8 nitrogen and oxygen atoms in total. The number of likely N-dealkylation sites (tertiary alicyclic amines) is 1. The van der Waals surface area contributed by atoms with E-state index in [1.54, 1.807) is 32.0 Å². The van der Waals surface area contributed by atoms with Crippen LogP contribution in [0.5, 0.6) is 0 Å². The molecular weight excluding hydrogens is 386 g/mol. The smallest absolute Gasteiger partial charge is 0.274 e. The number of nitrogens with zero attached hydrogens (tertiary/aromatic N) is 2. The zero-order valence-corrected chi connectivity index (χ0v) is 17.9. The molecular formula is C22H29N3O5. The summed E-state index contributed by atoms with van der Waals surface area (Å²) in [6.07, 6.45) is 1.58. The average molecular weight is 415 g/mol. The lowest BCUT2D eigenvalue weighted by atomic mass is 9.91. The lowest BCUT2D eigenvalue weighted by molar-refractivity contribution is -0.133. The molecule has 1 saturated heterocycles. The van der Waals surface area contributed by atoms with Gasteiger partial charge in [0.1, 0.15) is 11.1 Å². The number of carbonyl (C=O) groups is 1. The second-order valence-corrected chi connectivity index (χ2v) is 7.70. The van der Waals surface area contributed by atoms with Gasteiger partial charge in [0.2, 0.25) is 5.91 Å². The Kier molecular flexibility index (Phi) is 6.36. The van der Waals surface area contributed by atoms with Crippen molar-refractivity contribution in [2.75, 3.05) is 19.7 Å². The largest absolute Gasteiger partial charge is 0.377 e. The maximum atomic E-state index is 12.6. The standard InChI is InChI=1S/C22H29N3O5/c1-5-16(26)25-11-9-22(29,10-12-25)8-7-15-13-24(4)20(27)19-18(15)17(14(3)23-19)21(28)30-6-2/h13,21,23,28-29H,5-6,9-12H2,1-4H3. The van der Waals surface area contributed by atoms with Crippen molar-refractivity contribution in [3.8, 4) is 11.8 Å². The number of rotatable bonds is 4. The number of hydrogen-bond donors (Lipinski definition) is 3. The summed E-state index contributed by atoms with van der Waals surface area (Å²) in [5.74, 6) is 6.05. The number of pyridine rings is 1. The molecule has 3 N–H and O–H groups in total. The van der Waals surface area contributed by atoms with E-state index in [2.05, 4.69) is 16.8 Å². The minimum absolute atomic E-state index is 0.0714. The van der Waals surface area contributed by atoms with E-state index in [1.165, 1.54) is 4.57 Å². The highest BCUT2D eigenvalue weighted by Crippen LogP contribution is 2.30. The van der Waals surface area contributed by atoms with Gasteiger partial charge in [0.25, 0.3) is 5.56 Å². The van der Waals surface area contributed by atoms with Crippen molar-refractivity contribution in [1.82, 2.24) is 14.5 Å². The fourth-order valence-electron chi connectivity index (χ4n) is 3.88. The first-order chi connectivity index (χ1) is 14.2. The van der Waals surface area contributed by atoms with Crippen molar-refractivity contribution in [3.63, 3.8) is 0 Å². The number of aliphatic hydroxyl groups excluding tert-OH is 1. The molecule has 1 unspecified atom stereocenters. The van der Waals surface area contributed by atoms with Gasteiger partial charge in [0, 0.05) is 68.8 Å². The molecule has 0 radical (unpaired) electrons. The van der Waals surface area contributed by atoms with Crippen molar-refractivity contribution in [2.45, 2.75) is 51.9 Å². The van der Waals surface area contributed by atoms with E-state index in [4.69, 9.17) is 4.74 Å². The van der Waals surface area contributed by atoms with Crippen LogP contribution in [0.3, 0.4) is 0 Å². The van der Waals surface area contributed by atoms with Crippen molar-refractivity contribution in [1.29, 1.82) is 0 Å². The minimum Gasteiger partial charge on any atom is -0.377 e. The number of nitrogens with one attached hydrogen (secondary N) is 1. The zero-order valence-electron chi connectivity index (χ0n) is 17.9. The van der Waals surface area contributed by atoms with E-state index in [0.29, 0.717) is 66.7 Å². The zero-order chi connectivity index (χ0) is 22.1. The lowest BCUT2D eigenvalue weighted by Crippen LogP contribution is -2.45. The third kappa shape index (κ3) is 4.15. The Morgan fingerprint density at radius 2 is 2.03 bits per heavy atom. The van der Waals surface area contributed by atoms with Crippen LogP contribution in [0.25, 0.3) is 10.9 Å². The molecule has 0 aromatic carbocycles. The van der Waals surface area contributed by atoms with Crippen LogP contribution < -0.4 is 5.56 Å². The molecule has 2 aromatic heterocycles. The Bertz CT molecular complexity index is 1060. The third-order valence-electron chi connectivity index (χ3n) is 5.61. The first-order valence-corrected chi connectivity index (χ1v) is 10.3. The number of fused-ring (bicyclic) bond motifs is 1. The lowest BCUT2D eigenvalue weighted by Gasteiger charge is -2.35. The molecule has 162 valence electrons. The van der Waals surface area contributed by atoms with E-state index >= 15 is 0 Å². The van der Waals surface area contributed by atoms with Gasteiger partial charge >= 0.3 is 0 Å². The molecule has 1 atom stereocenters. The van der Waals surface area contributed by atoms with Crippen LogP contribution in [-0.4, -0.2) is 55.9 Å². The van der Waals surface area contributed by atoms with Crippen LogP contribution in [0.1, 0.15) is 56.2 Å². The van der Waals surface area contributed by atoms with Gasteiger partial charge in [-0.3, -0.25) is 9.59 Å². The molecule has 0 spiro atoms. The van der Waals surface area contributed by atoms with Gasteiger partial charge in [-0.15, -0.1) is 0 Å². The van der Waals surface area contributed by atoms with Crippen LogP contribution in [0.2, 0.25) is 0 Å². The van der Waals surface area contributed by atoms with Crippen LogP contribution in [0.15, 0.2) is 11.0 Å². The molecule has 1 amide bonds. The summed E-state index contributed by atoms with van der Waals surface area (Å²) >= 11 is 0. The van der Waals surface area contributed by atoms with Gasteiger partial charge in [0.15, 0.2) is 6.29 Å². The topological polar surface area (TPSA) is 108 Å². The summed E-state index contributed by atoms with van der Waals surface area (Å²) in [7, 11) is 1.63. The van der Waals surface area contributed by atoms with E-state index in [9.17, 15) is 19.8 Å². The van der Waals surface area contributed by atoms with E-state index in [-0.39, 0.29) is 11.5 Å². The number of ether oxygens (including phenoxy) is 1. The molecule has 0 aliphatic carbocycles. The number of amides is 1. The molecule has 0 bridgehead atoms. The summed E-state index contributed by atoms with van der Waals surface area (Å²) in [6, 6.07) is 0. The maximum Gasteiger partial charge on any atom is 0.274 e. The summed E-state index contributed by atoms with van der Waals surface area (Å²) in [4.78, 5) is 29.2. The van der Waals surface area contributed by atoms with Crippen LogP contribution in [0.4, 0.5) is 0 Å². The van der Waals surface area contributed by atoms with Gasteiger partial charge in [-0.2, -0.15) is 0 Å². The number of aryl methyl sites for hydroxylation is 2. The van der Waals surface area contributed by atoms with Crippen molar-refractivity contribution in [2.24, 2.45) is 7.05 Å². The first kappa shape index (κ1) is 22.1. The predicted molar refractivity (Wildman–Crippen MR) is 113 cm³/mol. The normalized spacial score (nSPS) is 16.9. The van der Waals surface area contributed by atoms with Crippen molar-refractivity contribution < 1.29 is 19.7 Å². The maximum absolute atomic E-state index is 12.6. The highest BCUT2D eigenvalue weighted by molar-refractivity contribution is 5.89. The SMILES string of the molecule is CCOC(O)c1c(C)[nH]c2c(=O)n(C)cc(C#CC3(O)CCN(C(=O)CC)CC3)c12. The second kappa shape index (κ2) is 8.64. The van der Waals surface area contributed by atoms with Gasteiger partial charge in [0.05, 0.1) is 5.56 Å². The Labute approximate surface area is 175 Å². The summed E-state index contributed by atoms with van der Waals surface area (Å²) in [5, 5.41) is 21.9. The number of piperidine rings is 1. The molecule has 1 aliphatic rings. The van der Waals surface area contributed by atoms with Crippen LogP contribution >= 0.6 is 0 Å². The van der Waals surface area contributed by atoms with Gasteiger partial charge in [-0.1, -0.05) is 18.8 Å². The van der Waals surface area contributed by atoms with Gasteiger partial charge in [-0.25, -0.2) is 0 Å². The number of aliphatic hydroxyl groups is 2. The predicted octanol–water partition coefficient (Wildman–Crippen LogP) is 1.32. The number of carbonyl (C=O) groups excluding carboxylic acids is 1. The van der Waals surface area contributed by atoms with Crippen LogP contribution in [0, 0.1) is 18.8 Å². The van der Waals surface area contributed by atoms with E-state index in [1.807, 2.05) is 6.92 Å². The Morgan fingerprint density at radius 1 is 1.37 bits per heavy atom. The molecule has 3 rings (SSSR count). The Morgan fingerprint density at radius 3 is 2.63 bits per heavy atom. The molecule has 0 saturated carbocycles. The number of aromatic nitrogens is 2. The number of H-pyrrole nitrogens is 1. The molecule has 2 aromatic rings. The fraction of sp³-hybridized carbons (Fsp3) is 0.545. The number of hydrogen-bond acceptors (Lipinski definition) is 5.